The summed E-state index contributed by atoms with van der Waals surface area (Å²) in [5.41, 5.74) is 2.96. The van der Waals surface area contributed by atoms with Gasteiger partial charge in [0.05, 0.1) is 12.1 Å². The SMILES string of the molecule is COc1ccc(C(CC(=O)c2ccccc2)C2(Cl)CCc3ccccc3C2=O)cc1Cl. The molecule has 2 unspecified atom stereocenters. The van der Waals surface area contributed by atoms with Crippen LogP contribution in [-0.4, -0.2) is 23.6 Å². The number of alkyl halides is 1. The van der Waals surface area contributed by atoms with Gasteiger partial charge in [-0.1, -0.05) is 72.3 Å². The lowest BCUT2D eigenvalue weighted by Gasteiger charge is -2.38. The van der Waals surface area contributed by atoms with Gasteiger partial charge in [0, 0.05) is 23.5 Å². The highest BCUT2D eigenvalue weighted by molar-refractivity contribution is 6.39. The standard InChI is InChI=1S/C26H22Cl2O3/c1-31-24-12-11-19(15-22(24)27)21(16-23(29)18-8-3-2-4-9-18)26(28)14-13-17-7-5-6-10-20(17)25(26)30/h2-12,15,21H,13-14,16H2,1H3. The summed E-state index contributed by atoms with van der Waals surface area (Å²) in [6.45, 7) is 0. The molecule has 0 radical (unpaired) electrons. The lowest BCUT2D eigenvalue weighted by atomic mass is 9.71. The van der Waals surface area contributed by atoms with E-state index in [0.717, 1.165) is 11.1 Å². The summed E-state index contributed by atoms with van der Waals surface area (Å²) in [5, 5.41) is 0.418. The Morgan fingerprint density at radius 3 is 2.48 bits per heavy atom. The Morgan fingerprint density at radius 2 is 1.77 bits per heavy atom. The van der Waals surface area contributed by atoms with E-state index in [1.165, 1.54) is 0 Å². The molecule has 0 saturated carbocycles. The number of rotatable bonds is 6. The molecule has 2 atom stereocenters. The maximum atomic E-state index is 13.6. The largest absolute Gasteiger partial charge is 0.495 e. The highest BCUT2D eigenvalue weighted by Crippen LogP contribution is 2.47. The van der Waals surface area contributed by atoms with Crippen molar-refractivity contribution < 1.29 is 14.3 Å². The van der Waals surface area contributed by atoms with Crippen LogP contribution in [0.3, 0.4) is 0 Å². The minimum absolute atomic E-state index is 0.0655. The highest BCUT2D eigenvalue weighted by Gasteiger charge is 2.48. The molecule has 3 aromatic rings. The van der Waals surface area contributed by atoms with Crippen molar-refractivity contribution in [2.75, 3.05) is 7.11 Å². The molecular formula is C26H22Cl2O3. The van der Waals surface area contributed by atoms with E-state index in [2.05, 4.69) is 0 Å². The molecule has 0 amide bonds. The molecule has 3 aromatic carbocycles. The first-order valence-corrected chi connectivity index (χ1v) is 10.9. The Kier molecular flexibility index (Phi) is 6.17. The predicted octanol–water partition coefficient (Wildman–Crippen LogP) is 6.51. The molecule has 0 fully saturated rings. The van der Waals surface area contributed by atoms with Gasteiger partial charge in [0.2, 0.25) is 0 Å². The summed E-state index contributed by atoms with van der Waals surface area (Å²) in [6, 6.07) is 21.9. The fraction of sp³-hybridized carbons (Fsp3) is 0.231. The van der Waals surface area contributed by atoms with Crippen LogP contribution in [-0.2, 0) is 6.42 Å². The second kappa shape index (κ2) is 8.86. The molecule has 31 heavy (non-hydrogen) atoms. The number of ketones is 2. The molecule has 5 heteroatoms. The van der Waals surface area contributed by atoms with E-state index in [4.69, 9.17) is 27.9 Å². The second-order valence-electron chi connectivity index (χ2n) is 7.79. The van der Waals surface area contributed by atoms with Crippen LogP contribution in [0.25, 0.3) is 0 Å². The van der Waals surface area contributed by atoms with Crippen molar-refractivity contribution in [1.29, 1.82) is 0 Å². The van der Waals surface area contributed by atoms with E-state index in [1.807, 2.05) is 48.5 Å². The minimum Gasteiger partial charge on any atom is -0.495 e. The highest BCUT2D eigenvalue weighted by atomic mass is 35.5. The van der Waals surface area contributed by atoms with Crippen molar-refractivity contribution in [3.63, 3.8) is 0 Å². The van der Waals surface area contributed by atoms with Crippen LogP contribution in [0.15, 0.2) is 72.8 Å². The van der Waals surface area contributed by atoms with E-state index >= 15 is 0 Å². The van der Waals surface area contributed by atoms with Gasteiger partial charge < -0.3 is 4.74 Å². The van der Waals surface area contributed by atoms with Crippen LogP contribution >= 0.6 is 23.2 Å². The van der Waals surface area contributed by atoms with Crippen LogP contribution in [0.2, 0.25) is 5.02 Å². The first-order valence-electron chi connectivity index (χ1n) is 10.2. The molecule has 0 N–H and O–H groups in total. The Bertz CT molecular complexity index is 1130. The second-order valence-corrected chi connectivity index (χ2v) is 8.87. The summed E-state index contributed by atoms with van der Waals surface area (Å²) < 4.78 is 5.27. The Hall–Kier alpha value is -2.62. The van der Waals surface area contributed by atoms with Gasteiger partial charge in [-0.05, 0) is 36.1 Å². The monoisotopic (exact) mass is 452 g/mol. The Balaban J connectivity index is 1.78. The predicted molar refractivity (Wildman–Crippen MR) is 124 cm³/mol. The van der Waals surface area contributed by atoms with Gasteiger partial charge in [-0.25, -0.2) is 0 Å². The molecule has 0 heterocycles. The summed E-state index contributed by atoms with van der Waals surface area (Å²) in [5.74, 6) is -0.216. The number of carbonyl (C=O) groups is 2. The molecule has 1 aliphatic carbocycles. The number of ether oxygens (including phenoxy) is 1. The number of halogens is 2. The lowest BCUT2D eigenvalue weighted by molar-refractivity contribution is 0.0881. The van der Waals surface area contributed by atoms with Crippen LogP contribution in [0.5, 0.6) is 5.75 Å². The van der Waals surface area contributed by atoms with E-state index < -0.39 is 10.8 Å². The third-order valence-corrected chi connectivity index (χ3v) is 6.93. The Labute approximate surface area is 192 Å². The molecule has 4 rings (SSSR count). The maximum absolute atomic E-state index is 13.6. The van der Waals surface area contributed by atoms with Crippen molar-refractivity contribution in [1.82, 2.24) is 0 Å². The zero-order valence-electron chi connectivity index (χ0n) is 17.1. The molecule has 0 saturated heterocycles. The van der Waals surface area contributed by atoms with Gasteiger partial charge in [0.25, 0.3) is 0 Å². The van der Waals surface area contributed by atoms with Gasteiger partial charge in [0.1, 0.15) is 10.6 Å². The molecule has 3 nitrogen and oxygen atoms in total. The van der Waals surface area contributed by atoms with Crippen LogP contribution < -0.4 is 4.74 Å². The van der Waals surface area contributed by atoms with Crippen molar-refractivity contribution in [2.45, 2.75) is 30.1 Å². The summed E-state index contributed by atoms with van der Waals surface area (Å²) in [7, 11) is 1.54. The zero-order chi connectivity index (χ0) is 22.0. The van der Waals surface area contributed by atoms with Gasteiger partial charge in [-0.15, -0.1) is 11.6 Å². The lowest BCUT2D eigenvalue weighted by Crippen LogP contribution is -2.43. The van der Waals surface area contributed by atoms with Crippen molar-refractivity contribution in [3.05, 3.63) is 100 Å². The number of methoxy groups -OCH3 is 1. The van der Waals surface area contributed by atoms with Gasteiger partial charge in [-0.2, -0.15) is 0 Å². The molecule has 0 aliphatic heterocycles. The quantitative estimate of drug-likeness (QED) is 0.316. The molecule has 0 spiro atoms. The Morgan fingerprint density at radius 1 is 1.06 bits per heavy atom. The topological polar surface area (TPSA) is 43.4 Å². The number of aryl methyl sites for hydroxylation is 1. The maximum Gasteiger partial charge on any atom is 0.184 e. The molecular weight excluding hydrogens is 431 g/mol. The van der Waals surface area contributed by atoms with Crippen LogP contribution in [0, 0.1) is 0 Å². The third-order valence-electron chi connectivity index (χ3n) is 6.01. The van der Waals surface area contributed by atoms with Crippen LogP contribution in [0.4, 0.5) is 0 Å². The van der Waals surface area contributed by atoms with Gasteiger partial charge in [-0.3, -0.25) is 9.59 Å². The van der Waals surface area contributed by atoms with Crippen LogP contribution in [0.1, 0.15) is 50.6 Å². The summed E-state index contributed by atoms with van der Waals surface area (Å²) >= 11 is 13.5. The van der Waals surface area contributed by atoms with Crippen molar-refractivity contribution in [2.24, 2.45) is 0 Å². The zero-order valence-corrected chi connectivity index (χ0v) is 18.6. The minimum atomic E-state index is -1.24. The number of benzene rings is 3. The number of fused-ring (bicyclic) bond motifs is 1. The van der Waals surface area contributed by atoms with Gasteiger partial charge >= 0.3 is 0 Å². The number of Topliss-reactive ketones (excluding diaryl/α,β-unsaturated/α-hetero) is 2. The van der Waals surface area contributed by atoms with Gasteiger partial charge in [0.15, 0.2) is 11.6 Å². The molecule has 158 valence electrons. The normalized spacial score (nSPS) is 18.9. The van der Waals surface area contributed by atoms with E-state index in [9.17, 15) is 9.59 Å². The average molecular weight is 453 g/mol. The number of hydrogen-bond donors (Lipinski definition) is 0. The van der Waals surface area contributed by atoms with Crippen molar-refractivity contribution in [3.8, 4) is 5.75 Å². The van der Waals surface area contributed by atoms with E-state index in [0.29, 0.717) is 34.7 Å². The third kappa shape index (κ3) is 4.13. The summed E-state index contributed by atoms with van der Waals surface area (Å²) in [6.07, 6.45) is 1.22. The molecule has 0 bridgehead atoms. The summed E-state index contributed by atoms with van der Waals surface area (Å²) in [4.78, 5) is 25.5. The smallest absolute Gasteiger partial charge is 0.184 e. The molecule has 1 aliphatic rings. The average Bonchev–Trinajstić information content (AvgIpc) is 2.80. The fourth-order valence-corrected chi connectivity index (χ4v) is 4.98. The van der Waals surface area contributed by atoms with Crippen molar-refractivity contribution >= 4 is 34.8 Å². The fourth-order valence-electron chi connectivity index (χ4n) is 4.32. The van der Waals surface area contributed by atoms with E-state index in [-0.39, 0.29) is 18.0 Å². The number of carbonyl (C=O) groups excluding carboxylic acids is 2. The molecule has 0 aromatic heterocycles. The van der Waals surface area contributed by atoms with E-state index in [1.54, 1.807) is 31.4 Å². The first kappa shape index (κ1) is 21.6. The number of hydrogen-bond acceptors (Lipinski definition) is 3. The first-order chi connectivity index (χ1) is 14.9.